The molecule has 218 valence electrons. The fourth-order valence-electron chi connectivity index (χ4n) is 5.94. The Bertz CT molecular complexity index is 1380. The van der Waals surface area contributed by atoms with E-state index in [0.29, 0.717) is 74.7 Å². The minimum absolute atomic E-state index is 0.0306. The molecule has 2 aromatic heterocycles. The van der Waals surface area contributed by atoms with E-state index >= 15 is 0 Å². The number of hydrogen-bond donors (Lipinski definition) is 1. The number of fused-ring (bicyclic) bond motifs is 1. The Balaban J connectivity index is 1.41. The Kier molecular flexibility index (Phi) is 8.80. The van der Waals surface area contributed by atoms with Crippen LogP contribution in [0.2, 0.25) is 0 Å². The first-order chi connectivity index (χ1) is 19.8. The van der Waals surface area contributed by atoms with Gasteiger partial charge in [-0.3, -0.25) is 23.6 Å². The molecular formula is C30H40N8O3. The van der Waals surface area contributed by atoms with Crippen LogP contribution >= 0.6 is 0 Å². The van der Waals surface area contributed by atoms with Crippen molar-refractivity contribution in [1.82, 2.24) is 39.7 Å². The zero-order valence-corrected chi connectivity index (χ0v) is 24.3. The number of aryl methyl sites for hydroxylation is 1. The second-order valence-electron chi connectivity index (χ2n) is 11.5. The van der Waals surface area contributed by atoms with E-state index in [9.17, 15) is 14.4 Å². The molecule has 0 spiro atoms. The fraction of sp³-hybridized carbons (Fsp3) is 0.533. The number of amides is 3. The van der Waals surface area contributed by atoms with Crippen LogP contribution in [0.1, 0.15) is 78.1 Å². The maximum atomic E-state index is 13.8. The lowest BCUT2D eigenvalue weighted by atomic mass is 9.89. The van der Waals surface area contributed by atoms with Gasteiger partial charge in [0.15, 0.2) is 5.69 Å². The number of carbonyl (C=O) groups excluding carboxylic acids is 3. The summed E-state index contributed by atoms with van der Waals surface area (Å²) in [6.45, 7) is 6.34. The molecule has 1 aromatic carbocycles. The number of hydrogen-bond acceptors (Lipinski definition) is 6. The summed E-state index contributed by atoms with van der Waals surface area (Å²) in [6, 6.07) is 7.40. The first-order valence-corrected chi connectivity index (χ1v) is 14.7. The molecule has 1 N–H and O–H groups in total. The Labute approximate surface area is 240 Å². The number of benzene rings is 1. The second kappa shape index (κ2) is 12.7. The standard InChI is InChI=1S/C30H40N8O3/c1-21(2)13-17-38-22-11-12-25-24(18-22)28(34-35(25)3)29(40)31-14-7-16-36(15-6-10-27(38)39)30(41)23-8-4-5-9-26(23)37-19-32-33-20-37/h4-5,8-9,19-22H,6-7,10-18H2,1-3H3,(H,31,40). The molecule has 1 atom stereocenters. The van der Waals surface area contributed by atoms with Gasteiger partial charge in [-0.25, -0.2) is 0 Å². The molecule has 11 nitrogen and oxygen atoms in total. The van der Waals surface area contributed by atoms with Gasteiger partial charge >= 0.3 is 0 Å². The van der Waals surface area contributed by atoms with Crippen molar-refractivity contribution < 1.29 is 14.4 Å². The maximum Gasteiger partial charge on any atom is 0.272 e. The number of rotatable bonds is 5. The second-order valence-corrected chi connectivity index (χ2v) is 11.5. The molecular weight excluding hydrogens is 520 g/mol. The van der Waals surface area contributed by atoms with Crippen LogP contribution in [-0.4, -0.2) is 84.3 Å². The highest BCUT2D eigenvalue weighted by Crippen LogP contribution is 2.28. The van der Waals surface area contributed by atoms with Crippen molar-refractivity contribution in [2.75, 3.05) is 26.2 Å². The van der Waals surface area contributed by atoms with Crippen molar-refractivity contribution in [2.45, 2.75) is 64.8 Å². The molecule has 0 saturated carbocycles. The van der Waals surface area contributed by atoms with Gasteiger partial charge in [0.2, 0.25) is 5.91 Å². The van der Waals surface area contributed by atoms with Gasteiger partial charge in [0, 0.05) is 56.9 Å². The van der Waals surface area contributed by atoms with E-state index in [-0.39, 0.29) is 23.8 Å². The average Bonchev–Trinajstić information content (AvgIpc) is 3.62. The van der Waals surface area contributed by atoms with Crippen LogP contribution in [0, 0.1) is 5.92 Å². The SMILES string of the molecule is CC(C)CCN1C(=O)CCCN(C(=O)c2ccccc2-n2cnnc2)CCCNC(=O)c2nn(C)c3c2CC1CC3. The average molecular weight is 561 g/mol. The summed E-state index contributed by atoms with van der Waals surface area (Å²) in [5, 5.41) is 15.4. The van der Waals surface area contributed by atoms with Crippen LogP contribution in [0.3, 0.4) is 0 Å². The number of nitrogens with one attached hydrogen (secondary N) is 1. The topological polar surface area (TPSA) is 118 Å². The van der Waals surface area contributed by atoms with Crippen LogP contribution in [0.25, 0.3) is 5.69 Å². The number of nitrogens with zero attached hydrogens (tertiary/aromatic N) is 7. The van der Waals surface area contributed by atoms with Gasteiger partial charge in [0.25, 0.3) is 11.8 Å². The van der Waals surface area contributed by atoms with Crippen LogP contribution < -0.4 is 5.32 Å². The largest absolute Gasteiger partial charge is 0.351 e. The van der Waals surface area contributed by atoms with Crippen molar-refractivity contribution in [3.63, 3.8) is 0 Å². The van der Waals surface area contributed by atoms with Crippen molar-refractivity contribution in [1.29, 1.82) is 0 Å². The third-order valence-electron chi connectivity index (χ3n) is 8.18. The van der Waals surface area contributed by atoms with Crippen molar-refractivity contribution in [2.24, 2.45) is 13.0 Å². The summed E-state index contributed by atoms with van der Waals surface area (Å²) in [7, 11) is 1.89. The summed E-state index contributed by atoms with van der Waals surface area (Å²) in [6.07, 6.45) is 7.85. The van der Waals surface area contributed by atoms with Gasteiger partial charge in [-0.05, 0) is 56.6 Å². The smallest absolute Gasteiger partial charge is 0.272 e. The van der Waals surface area contributed by atoms with Gasteiger partial charge in [0.1, 0.15) is 12.7 Å². The lowest BCUT2D eigenvalue weighted by Crippen LogP contribution is -2.45. The highest BCUT2D eigenvalue weighted by Gasteiger charge is 2.33. The van der Waals surface area contributed by atoms with Crippen LogP contribution in [0.4, 0.5) is 0 Å². The molecule has 41 heavy (non-hydrogen) atoms. The Hall–Kier alpha value is -4.02. The molecule has 5 rings (SSSR count). The first kappa shape index (κ1) is 28.5. The quantitative estimate of drug-likeness (QED) is 0.513. The summed E-state index contributed by atoms with van der Waals surface area (Å²) < 4.78 is 3.54. The minimum Gasteiger partial charge on any atom is -0.351 e. The van der Waals surface area contributed by atoms with Crippen LogP contribution in [0.5, 0.6) is 0 Å². The van der Waals surface area contributed by atoms with Gasteiger partial charge in [-0.15, -0.1) is 10.2 Å². The Morgan fingerprint density at radius 1 is 1.07 bits per heavy atom. The summed E-state index contributed by atoms with van der Waals surface area (Å²) in [5.74, 6) is 0.257. The molecule has 2 aliphatic rings. The van der Waals surface area contributed by atoms with E-state index in [4.69, 9.17) is 0 Å². The molecule has 11 heteroatoms. The lowest BCUT2D eigenvalue weighted by Gasteiger charge is -2.35. The minimum atomic E-state index is -0.201. The van der Waals surface area contributed by atoms with Crippen LogP contribution in [0.15, 0.2) is 36.9 Å². The van der Waals surface area contributed by atoms with Crippen molar-refractivity contribution in [3.8, 4) is 5.69 Å². The van der Waals surface area contributed by atoms with E-state index in [1.165, 1.54) is 0 Å². The third-order valence-corrected chi connectivity index (χ3v) is 8.18. The number of carbonyl (C=O) groups is 3. The molecule has 3 heterocycles. The van der Waals surface area contributed by atoms with Crippen molar-refractivity contribution in [3.05, 3.63) is 59.4 Å². The monoisotopic (exact) mass is 560 g/mol. The number of aromatic nitrogens is 5. The highest BCUT2D eigenvalue weighted by atomic mass is 16.2. The lowest BCUT2D eigenvalue weighted by molar-refractivity contribution is -0.134. The Morgan fingerprint density at radius 2 is 1.83 bits per heavy atom. The van der Waals surface area contributed by atoms with E-state index in [1.807, 2.05) is 34.8 Å². The van der Waals surface area contributed by atoms with Gasteiger partial charge in [-0.2, -0.15) is 5.10 Å². The van der Waals surface area contributed by atoms with Gasteiger partial charge in [-0.1, -0.05) is 26.0 Å². The molecule has 1 aliphatic heterocycles. The van der Waals surface area contributed by atoms with E-state index in [2.05, 4.69) is 34.5 Å². The van der Waals surface area contributed by atoms with Gasteiger partial charge < -0.3 is 15.1 Å². The highest BCUT2D eigenvalue weighted by molar-refractivity contribution is 5.98. The molecule has 0 radical (unpaired) electrons. The molecule has 2 bridgehead atoms. The van der Waals surface area contributed by atoms with E-state index in [0.717, 1.165) is 30.5 Å². The fourth-order valence-corrected chi connectivity index (χ4v) is 5.94. The molecule has 1 aliphatic carbocycles. The Morgan fingerprint density at radius 3 is 2.61 bits per heavy atom. The molecule has 3 aromatic rings. The third kappa shape index (κ3) is 6.34. The normalized spacial score (nSPS) is 18.7. The summed E-state index contributed by atoms with van der Waals surface area (Å²) in [4.78, 5) is 44.6. The predicted octanol–water partition coefficient (Wildman–Crippen LogP) is 2.79. The molecule has 0 fully saturated rings. The molecule has 3 amide bonds. The summed E-state index contributed by atoms with van der Waals surface area (Å²) in [5.41, 5.74) is 3.73. The maximum absolute atomic E-state index is 13.8. The summed E-state index contributed by atoms with van der Waals surface area (Å²) >= 11 is 0. The van der Waals surface area contributed by atoms with E-state index < -0.39 is 0 Å². The van der Waals surface area contributed by atoms with Gasteiger partial charge in [0.05, 0.1) is 11.3 Å². The molecule has 0 saturated heterocycles. The van der Waals surface area contributed by atoms with E-state index in [1.54, 1.807) is 28.2 Å². The number of para-hydroxylation sites is 1. The zero-order valence-electron chi connectivity index (χ0n) is 24.3. The first-order valence-electron chi connectivity index (χ1n) is 14.7. The predicted molar refractivity (Wildman–Crippen MR) is 154 cm³/mol. The van der Waals surface area contributed by atoms with Crippen LogP contribution in [-0.2, 0) is 24.7 Å². The zero-order chi connectivity index (χ0) is 28.9. The van der Waals surface area contributed by atoms with Crippen molar-refractivity contribution >= 4 is 17.7 Å². The molecule has 1 unspecified atom stereocenters.